The normalized spacial score (nSPS) is 12.1. The average molecular weight is 413 g/mol. The molecule has 0 aromatic carbocycles. The summed E-state index contributed by atoms with van der Waals surface area (Å²) in [5, 5.41) is 17.4. The highest BCUT2D eigenvalue weighted by Gasteiger charge is 2.31. The minimum Gasteiger partial charge on any atom is -0.479 e. The molecule has 1 rings (SSSR count). The van der Waals surface area contributed by atoms with Crippen LogP contribution in [0.3, 0.4) is 0 Å². The van der Waals surface area contributed by atoms with Crippen LogP contribution in [0.2, 0.25) is 0 Å². The summed E-state index contributed by atoms with van der Waals surface area (Å²) in [5.74, 6) is -3.99. The SMILES string of the molecule is C=C/C=C\C(=C)Cn1c(C)c(C(=O)C(N)=O)c(C(=N)OC(C)C(=O)O)c1/C=C\CC. The third-order valence-electron chi connectivity index (χ3n) is 4.22. The minimum absolute atomic E-state index is 0.00889. The molecular formula is C22H27N3O5. The first-order chi connectivity index (χ1) is 14.1. The first kappa shape index (κ1) is 24.4. The lowest BCUT2D eigenvalue weighted by Crippen LogP contribution is -2.28. The summed E-state index contributed by atoms with van der Waals surface area (Å²) < 4.78 is 6.91. The highest BCUT2D eigenvalue weighted by molar-refractivity contribution is 6.44. The van der Waals surface area contributed by atoms with Crippen molar-refractivity contribution in [2.24, 2.45) is 5.73 Å². The molecule has 1 amide bonds. The number of nitrogens with zero attached hydrogens (tertiary/aromatic N) is 1. The molecule has 0 fully saturated rings. The second-order valence-corrected chi connectivity index (χ2v) is 6.49. The third kappa shape index (κ3) is 5.66. The van der Waals surface area contributed by atoms with Gasteiger partial charge in [-0.25, -0.2) is 4.79 Å². The number of hydrogen-bond acceptors (Lipinski definition) is 5. The van der Waals surface area contributed by atoms with Gasteiger partial charge < -0.3 is 20.1 Å². The number of carboxylic acids is 1. The lowest BCUT2D eigenvalue weighted by molar-refractivity contribution is -0.144. The van der Waals surface area contributed by atoms with Gasteiger partial charge in [0.25, 0.3) is 11.7 Å². The van der Waals surface area contributed by atoms with Gasteiger partial charge >= 0.3 is 5.97 Å². The predicted molar refractivity (Wildman–Crippen MR) is 116 cm³/mol. The van der Waals surface area contributed by atoms with Crippen LogP contribution in [0.5, 0.6) is 0 Å². The predicted octanol–water partition coefficient (Wildman–Crippen LogP) is 3.00. The fraction of sp³-hybridized carbons (Fsp3) is 0.273. The molecule has 1 heterocycles. The Balaban J connectivity index is 3.77. The number of carbonyl (C=O) groups excluding carboxylic acids is 2. The summed E-state index contributed by atoms with van der Waals surface area (Å²) in [7, 11) is 0. The molecule has 0 saturated heterocycles. The first-order valence-electron chi connectivity index (χ1n) is 9.25. The number of carbonyl (C=O) groups is 3. The van der Waals surface area contributed by atoms with Gasteiger partial charge in [-0.3, -0.25) is 15.0 Å². The zero-order valence-electron chi connectivity index (χ0n) is 17.4. The van der Waals surface area contributed by atoms with E-state index >= 15 is 0 Å². The van der Waals surface area contributed by atoms with E-state index in [-0.39, 0.29) is 17.7 Å². The van der Waals surface area contributed by atoms with Crippen molar-refractivity contribution in [3.05, 3.63) is 65.5 Å². The molecule has 0 aliphatic rings. The highest BCUT2D eigenvalue weighted by Crippen LogP contribution is 2.27. The van der Waals surface area contributed by atoms with E-state index in [4.69, 9.17) is 21.0 Å². The van der Waals surface area contributed by atoms with E-state index in [1.54, 1.807) is 35.8 Å². The van der Waals surface area contributed by atoms with Crippen LogP contribution in [0, 0.1) is 12.3 Å². The summed E-state index contributed by atoms with van der Waals surface area (Å²) >= 11 is 0. The van der Waals surface area contributed by atoms with Gasteiger partial charge in [-0.15, -0.1) is 0 Å². The van der Waals surface area contributed by atoms with E-state index in [0.717, 1.165) is 0 Å². The average Bonchev–Trinajstić information content (AvgIpc) is 2.95. The fourth-order valence-corrected chi connectivity index (χ4v) is 2.74. The lowest BCUT2D eigenvalue weighted by atomic mass is 10.0. The Bertz CT molecular complexity index is 950. The van der Waals surface area contributed by atoms with Crippen molar-refractivity contribution in [3.63, 3.8) is 0 Å². The number of primary amides is 1. The van der Waals surface area contributed by atoms with E-state index in [0.29, 0.717) is 23.4 Å². The van der Waals surface area contributed by atoms with Crippen molar-refractivity contribution in [1.29, 1.82) is 5.41 Å². The molecule has 0 radical (unpaired) electrons. The van der Waals surface area contributed by atoms with Crippen molar-refractivity contribution in [3.8, 4) is 0 Å². The standard InChI is InChI=1S/C22H27N3O5/c1-6-8-10-13(3)12-25-14(4)17(19(26)20(23)27)18(16(25)11-9-7-2)21(24)30-15(5)22(28)29/h6,8-11,15,24H,1,3,7,12H2,2,4-5H3,(H2,23,27)(H,28,29)/b10-8-,11-9-,24-21?. The molecule has 30 heavy (non-hydrogen) atoms. The molecule has 1 unspecified atom stereocenters. The number of ether oxygens (including phenoxy) is 1. The van der Waals surface area contributed by atoms with E-state index in [9.17, 15) is 14.4 Å². The molecule has 4 N–H and O–H groups in total. The fourth-order valence-electron chi connectivity index (χ4n) is 2.74. The number of allylic oxidation sites excluding steroid dienone is 5. The molecule has 0 bridgehead atoms. The van der Waals surface area contributed by atoms with Crippen molar-refractivity contribution < 1.29 is 24.2 Å². The molecule has 8 nitrogen and oxygen atoms in total. The summed E-state index contributed by atoms with van der Waals surface area (Å²) in [4.78, 5) is 35.4. The summed E-state index contributed by atoms with van der Waals surface area (Å²) in [5.41, 5.74) is 6.60. The lowest BCUT2D eigenvalue weighted by Gasteiger charge is -2.13. The molecule has 0 aliphatic carbocycles. The maximum absolute atomic E-state index is 12.6. The summed E-state index contributed by atoms with van der Waals surface area (Å²) in [6, 6.07) is 0. The molecule has 0 aliphatic heterocycles. The zero-order valence-corrected chi connectivity index (χ0v) is 17.4. The number of aliphatic carboxylic acids is 1. The Hall–Kier alpha value is -3.68. The van der Waals surface area contributed by atoms with Crippen LogP contribution in [-0.2, 0) is 20.9 Å². The van der Waals surface area contributed by atoms with E-state index < -0.39 is 29.7 Å². The Kier molecular flexibility index (Phi) is 8.73. The van der Waals surface area contributed by atoms with Crippen LogP contribution in [0.15, 0.2) is 43.0 Å². The second kappa shape index (κ2) is 10.8. The van der Waals surface area contributed by atoms with Gasteiger partial charge in [-0.2, -0.15) is 0 Å². The quantitative estimate of drug-likeness (QED) is 0.168. The van der Waals surface area contributed by atoms with Crippen LogP contribution < -0.4 is 5.73 Å². The third-order valence-corrected chi connectivity index (χ3v) is 4.22. The Labute approximate surface area is 175 Å². The summed E-state index contributed by atoms with van der Waals surface area (Å²) in [6.45, 7) is 12.6. The van der Waals surface area contributed by atoms with Gasteiger partial charge in [0.15, 0.2) is 6.10 Å². The van der Waals surface area contributed by atoms with Gasteiger partial charge in [0.2, 0.25) is 5.90 Å². The number of ketones is 1. The number of hydrogen-bond donors (Lipinski definition) is 3. The Morgan fingerprint density at radius 3 is 2.47 bits per heavy atom. The van der Waals surface area contributed by atoms with Crippen LogP contribution in [0.25, 0.3) is 6.08 Å². The number of carboxylic acid groups (broad SMARTS) is 1. The zero-order chi connectivity index (χ0) is 23.0. The van der Waals surface area contributed by atoms with Gasteiger partial charge in [0.05, 0.1) is 16.8 Å². The molecule has 0 spiro atoms. The number of nitrogens with two attached hydrogens (primary N) is 1. The first-order valence-corrected chi connectivity index (χ1v) is 9.25. The maximum atomic E-state index is 12.6. The van der Waals surface area contributed by atoms with E-state index in [1.807, 2.05) is 13.0 Å². The van der Waals surface area contributed by atoms with Gasteiger partial charge in [0, 0.05) is 12.2 Å². The van der Waals surface area contributed by atoms with Crippen molar-refractivity contribution in [2.75, 3.05) is 0 Å². The molecule has 8 heteroatoms. The van der Waals surface area contributed by atoms with Gasteiger partial charge in [-0.1, -0.05) is 44.4 Å². The Morgan fingerprint density at radius 2 is 1.97 bits per heavy atom. The monoisotopic (exact) mass is 413 g/mol. The number of aromatic nitrogens is 1. The van der Waals surface area contributed by atoms with Crippen molar-refractivity contribution >= 4 is 29.6 Å². The number of nitrogens with one attached hydrogen (secondary N) is 1. The van der Waals surface area contributed by atoms with Crippen molar-refractivity contribution in [2.45, 2.75) is 39.8 Å². The number of rotatable bonds is 11. The van der Waals surface area contributed by atoms with Crippen LogP contribution in [-0.4, -0.2) is 39.3 Å². The van der Waals surface area contributed by atoms with Crippen LogP contribution >= 0.6 is 0 Å². The minimum atomic E-state index is -1.33. The van der Waals surface area contributed by atoms with E-state index in [1.165, 1.54) is 6.92 Å². The number of amides is 1. The maximum Gasteiger partial charge on any atom is 0.344 e. The second-order valence-electron chi connectivity index (χ2n) is 6.49. The molecule has 1 aromatic heterocycles. The molecular weight excluding hydrogens is 386 g/mol. The van der Waals surface area contributed by atoms with Crippen LogP contribution in [0.4, 0.5) is 0 Å². The highest BCUT2D eigenvalue weighted by atomic mass is 16.5. The van der Waals surface area contributed by atoms with Gasteiger partial charge in [-0.05, 0) is 31.9 Å². The van der Waals surface area contributed by atoms with Crippen LogP contribution in [0.1, 0.15) is 47.6 Å². The molecule has 1 aromatic rings. The van der Waals surface area contributed by atoms with Crippen molar-refractivity contribution in [1.82, 2.24) is 4.57 Å². The van der Waals surface area contributed by atoms with E-state index in [2.05, 4.69) is 13.2 Å². The molecule has 160 valence electrons. The summed E-state index contributed by atoms with van der Waals surface area (Å²) in [6.07, 6.45) is 7.88. The molecule has 0 saturated carbocycles. The van der Waals surface area contributed by atoms with Gasteiger partial charge in [0.1, 0.15) is 0 Å². The smallest absolute Gasteiger partial charge is 0.344 e. The largest absolute Gasteiger partial charge is 0.479 e. The topological polar surface area (TPSA) is 135 Å². The number of Topliss-reactive ketones (excluding diaryl/α,β-unsaturated/α-hetero) is 1. The Morgan fingerprint density at radius 1 is 1.33 bits per heavy atom. The molecule has 1 atom stereocenters.